The molecule has 1 heterocycles. The summed E-state index contributed by atoms with van der Waals surface area (Å²) >= 11 is 5.65. The van der Waals surface area contributed by atoms with E-state index >= 15 is 0 Å². The van der Waals surface area contributed by atoms with Crippen LogP contribution in [0.25, 0.3) is 0 Å². The lowest BCUT2D eigenvalue weighted by molar-refractivity contribution is 0.236. The number of nitrogens with zero attached hydrogens (tertiary/aromatic N) is 1. The van der Waals surface area contributed by atoms with Crippen molar-refractivity contribution < 1.29 is 0 Å². The standard InChI is InChI=1S/C11H19NOS2/c1-8-7-15-10(13)12(8)5-9(6-14)11(2,3)4/h7,9,14H,5-6H2,1-4H3. The quantitative estimate of drug-likeness (QED) is 0.813. The molecule has 0 bridgehead atoms. The number of hydrogen-bond acceptors (Lipinski definition) is 3. The number of rotatable bonds is 3. The molecule has 0 aliphatic heterocycles. The van der Waals surface area contributed by atoms with Gasteiger partial charge in [0.2, 0.25) is 0 Å². The fraction of sp³-hybridized carbons (Fsp3) is 0.727. The van der Waals surface area contributed by atoms with Gasteiger partial charge in [-0.25, -0.2) is 0 Å². The molecule has 0 N–H and O–H groups in total. The van der Waals surface area contributed by atoms with E-state index in [1.165, 1.54) is 11.3 Å². The van der Waals surface area contributed by atoms with Crippen molar-refractivity contribution in [1.29, 1.82) is 0 Å². The molecule has 1 aromatic rings. The summed E-state index contributed by atoms with van der Waals surface area (Å²) in [5, 5.41) is 1.92. The van der Waals surface area contributed by atoms with Crippen molar-refractivity contribution in [3.63, 3.8) is 0 Å². The zero-order valence-electron chi connectivity index (χ0n) is 9.78. The zero-order valence-corrected chi connectivity index (χ0v) is 11.5. The molecular weight excluding hydrogens is 226 g/mol. The van der Waals surface area contributed by atoms with Crippen molar-refractivity contribution in [2.45, 2.75) is 34.2 Å². The minimum Gasteiger partial charge on any atom is -0.303 e. The van der Waals surface area contributed by atoms with E-state index in [-0.39, 0.29) is 10.3 Å². The smallest absolute Gasteiger partial charge is 0.303 e. The van der Waals surface area contributed by atoms with Gasteiger partial charge in [0, 0.05) is 17.6 Å². The molecule has 4 heteroatoms. The molecule has 0 saturated carbocycles. The molecule has 0 saturated heterocycles. The summed E-state index contributed by atoms with van der Waals surface area (Å²) in [7, 11) is 0. The second-order valence-electron chi connectivity index (χ2n) is 5.00. The van der Waals surface area contributed by atoms with E-state index in [9.17, 15) is 4.79 Å². The summed E-state index contributed by atoms with van der Waals surface area (Å²) in [5.41, 5.74) is 1.25. The summed E-state index contributed by atoms with van der Waals surface area (Å²) in [6, 6.07) is 0. The van der Waals surface area contributed by atoms with Crippen molar-refractivity contribution >= 4 is 24.0 Å². The maximum atomic E-state index is 11.6. The summed E-state index contributed by atoms with van der Waals surface area (Å²) in [6.45, 7) is 9.35. The van der Waals surface area contributed by atoms with E-state index < -0.39 is 0 Å². The molecule has 0 radical (unpaired) electrons. The monoisotopic (exact) mass is 245 g/mol. The summed E-state index contributed by atoms with van der Waals surface area (Å²) in [5.74, 6) is 1.23. The Morgan fingerprint density at radius 1 is 1.53 bits per heavy atom. The van der Waals surface area contributed by atoms with Crippen LogP contribution >= 0.6 is 24.0 Å². The van der Waals surface area contributed by atoms with E-state index in [1.54, 1.807) is 0 Å². The molecule has 1 aromatic heterocycles. The van der Waals surface area contributed by atoms with Crippen LogP contribution in [-0.4, -0.2) is 10.3 Å². The minimum absolute atomic E-state index is 0.142. The first-order chi connectivity index (χ1) is 6.86. The van der Waals surface area contributed by atoms with Gasteiger partial charge in [-0.05, 0) is 24.0 Å². The largest absolute Gasteiger partial charge is 0.307 e. The first-order valence-corrected chi connectivity index (χ1v) is 6.63. The fourth-order valence-corrected chi connectivity index (χ4v) is 2.86. The molecule has 1 rings (SSSR count). The molecule has 1 unspecified atom stereocenters. The maximum absolute atomic E-state index is 11.6. The average Bonchev–Trinajstić information content (AvgIpc) is 2.41. The van der Waals surface area contributed by atoms with Crippen LogP contribution in [0.15, 0.2) is 10.2 Å². The highest BCUT2D eigenvalue weighted by molar-refractivity contribution is 7.80. The highest BCUT2D eigenvalue weighted by Gasteiger charge is 2.24. The third-order valence-corrected chi connectivity index (χ3v) is 4.15. The zero-order chi connectivity index (χ0) is 11.6. The minimum atomic E-state index is 0.142. The van der Waals surface area contributed by atoms with Crippen LogP contribution in [0.2, 0.25) is 0 Å². The summed E-state index contributed by atoms with van der Waals surface area (Å²) in [4.78, 5) is 11.7. The third-order valence-electron chi connectivity index (χ3n) is 2.82. The van der Waals surface area contributed by atoms with E-state index in [0.29, 0.717) is 5.92 Å². The number of thiol groups is 1. The van der Waals surface area contributed by atoms with Crippen molar-refractivity contribution in [3.05, 3.63) is 20.7 Å². The van der Waals surface area contributed by atoms with Crippen molar-refractivity contribution in [3.8, 4) is 0 Å². The lowest BCUT2D eigenvalue weighted by Crippen LogP contribution is -2.30. The van der Waals surface area contributed by atoms with Crippen LogP contribution in [0.5, 0.6) is 0 Å². The number of aryl methyl sites for hydroxylation is 1. The van der Waals surface area contributed by atoms with Crippen LogP contribution < -0.4 is 4.87 Å². The SMILES string of the molecule is Cc1csc(=O)n1CC(CS)C(C)(C)C. The van der Waals surface area contributed by atoms with E-state index in [2.05, 4.69) is 33.4 Å². The predicted molar refractivity (Wildman–Crippen MR) is 70.1 cm³/mol. The van der Waals surface area contributed by atoms with Gasteiger partial charge in [-0.1, -0.05) is 32.1 Å². The number of thiazole rings is 1. The normalized spacial score (nSPS) is 14.2. The van der Waals surface area contributed by atoms with Crippen LogP contribution in [0, 0.1) is 18.3 Å². The Balaban J connectivity index is 2.89. The number of aromatic nitrogens is 1. The molecule has 0 amide bonds. The van der Waals surface area contributed by atoms with Gasteiger partial charge in [0.15, 0.2) is 0 Å². The maximum Gasteiger partial charge on any atom is 0.307 e. The average molecular weight is 245 g/mol. The van der Waals surface area contributed by atoms with Gasteiger partial charge < -0.3 is 4.57 Å². The van der Waals surface area contributed by atoms with Gasteiger partial charge in [-0.15, -0.1) is 0 Å². The molecule has 2 nitrogen and oxygen atoms in total. The van der Waals surface area contributed by atoms with Crippen molar-refractivity contribution in [2.24, 2.45) is 11.3 Å². The van der Waals surface area contributed by atoms with Gasteiger partial charge in [0.05, 0.1) is 0 Å². The molecule has 86 valence electrons. The highest BCUT2D eigenvalue weighted by atomic mass is 32.1. The summed E-state index contributed by atoms with van der Waals surface area (Å²) < 4.78 is 1.86. The Morgan fingerprint density at radius 3 is 2.47 bits per heavy atom. The Labute approximate surface area is 101 Å². The van der Waals surface area contributed by atoms with Crippen LogP contribution in [0.1, 0.15) is 26.5 Å². The van der Waals surface area contributed by atoms with Crippen molar-refractivity contribution in [1.82, 2.24) is 4.57 Å². The molecule has 1 atom stereocenters. The lowest BCUT2D eigenvalue weighted by atomic mass is 9.82. The Morgan fingerprint density at radius 2 is 2.13 bits per heavy atom. The van der Waals surface area contributed by atoms with E-state index in [0.717, 1.165) is 18.0 Å². The van der Waals surface area contributed by atoms with Crippen LogP contribution in [0.4, 0.5) is 0 Å². The van der Waals surface area contributed by atoms with Gasteiger partial charge in [-0.2, -0.15) is 12.6 Å². The van der Waals surface area contributed by atoms with Crippen molar-refractivity contribution in [2.75, 3.05) is 5.75 Å². The van der Waals surface area contributed by atoms with E-state index in [4.69, 9.17) is 0 Å². The predicted octanol–water partition coefficient (Wildman–Crippen LogP) is 2.81. The fourth-order valence-electron chi connectivity index (χ4n) is 1.45. The van der Waals surface area contributed by atoms with E-state index in [1.807, 2.05) is 16.9 Å². The first kappa shape index (κ1) is 12.8. The molecule has 0 fully saturated rings. The molecule has 15 heavy (non-hydrogen) atoms. The highest BCUT2D eigenvalue weighted by Crippen LogP contribution is 2.28. The van der Waals surface area contributed by atoms with Gasteiger partial charge >= 0.3 is 4.87 Å². The number of hydrogen-bond donors (Lipinski definition) is 1. The Bertz CT molecular complexity index is 373. The Hall–Kier alpha value is -0.220. The van der Waals surface area contributed by atoms with Gasteiger partial charge in [0.25, 0.3) is 0 Å². The molecule has 0 spiro atoms. The second-order valence-corrected chi connectivity index (χ2v) is 6.18. The summed E-state index contributed by atoms with van der Waals surface area (Å²) in [6.07, 6.45) is 0. The van der Waals surface area contributed by atoms with Gasteiger partial charge in [-0.3, -0.25) is 4.79 Å². The first-order valence-electron chi connectivity index (χ1n) is 5.12. The lowest BCUT2D eigenvalue weighted by Gasteiger charge is -2.29. The topological polar surface area (TPSA) is 22.0 Å². The van der Waals surface area contributed by atoms with Gasteiger partial charge in [0.1, 0.15) is 0 Å². The Kier molecular flexibility index (Phi) is 4.06. The molecule has 0 aliphatic rings. The van der Waals surface area contributed by atoms with Crippen LogP contribution in [0.3, 0.4) is 0 Å². The molecule has 0 aromatic carbocycles. The third kappa shape index (κ3) is 3.11. The molecule has 0 aliphatic carbocycles. The molecular formula is C11H19NOS2. The second kappa shape index (κ2) is 4.74. The van der Waals surface area contributed by atoms with Crippen LogP contribution in [-0.2, 0) is 6.54 Å².